The Labute approximate surface area is 92.6 Å². The molecule has 4 nitrogen and oxygen atoms in total. The van der Waals surface area contributed by atoms with Crippen LogP contribution in [0, 0.1) is 0 Å². The molecule has 0 aromatic carbocycles. The molecule has 0 aromatic heterocycles. The molecular formula is C11H23N3O. The van der Waals surface area contributed by atoms with Gasteiger partial charge in [0.25, 0.3) is 0 Å². The quantitative estimate of drug-likeness (QED) is 0.695. The van der Waals surface area contributed by atoms with E-state index in [4.69, 9.17) is 0 Å². The second kappa shape index (κ2) is 6.67. The molecule has 4 heteroatoms. The van der Waals surface area contributed by atoms with Gasteiger partial charge in [0.15, 0.2) is 0 Å². The third-order valence-corrected chi connectivity index (χ3v) is 2.70. The summed E-state index contributed by atoms with van der Waals surface area (Å²) in [5.74, 6) is 0. The van der Waals surface area contributed by atoms with E-state index < -0.39 is 0 Å². The maximum Gasteiger partial charge on any atom is 0.317 e. The van der Waals surface area contributed by atoms with E-state index in [9.17, 15) is 4.79 Å². The third kappa shape index (κ3) is 5.02. The van der Waals surface area contributed by atoms with E-state index in [-0.39, 0.29) is 6.03 Å². The fourth-order valence-electron chi connectivity index (χ4n) is 1.78. The first-order valence-corrected chi connectivity index (χ1v) is 5.87. The molecule has 1 heterocycles. The molecule has 0 spiro atoms. The van der Waals surface area contributed by atoms with Crippen molar-refractivity contribution in [3.05, 3.63) is 0 Å². The van der Waals surface area contributed by atoms with Crippen molar-refractivity contribution in [2.75, 3.05) is 40.3 Å². The highest BCUT2D eigenvalue weighted by Crippen LogP contribution is 2.06. The number of likely N-dealkylation sites (tertiary alicyclic amines) is 1. The Bertz CT molecular complexity index is 188. The van der Waals surface area contributed by atoms with Crippen LogP contribution in [0.5, 0.6) is 0 Å². The largest absolute Gasteiger partial charge is 0.338 e. The van der Waals surface area contributed by atoms with Crippen LogP contribution in [0.1, 0.15) is 25.7 Å². The van der Waals surface area contributed by atoms with Gasteiger partial charge in [-0.15, -0.1) is 0 Å². The number of nitrogens with zero attached hydrogens (tertiary/aromatic N) is 2. The average Bonchev–Trinajstić information content (AvgIpc) is 2.69. The van der Waals surface area contributed by atoms with E-state index in [0.717, 1.165) is 51.9 Å². The van der Waals surface area contributed by atoms with Gasteiger partial charge in [-0.3, -0.25) is 0 Å². The lowest BCUT2D eigenvalue weighted by molar-refractivity contribution is 0.208. The molecule has 1 N–H and O–H groups in total. The summed E-state index contributed by atoms with van der Waals surface area (Å²) in [6.45, 7) is 3.77. The third-order valence-electron chi connectivity index (χ3n) is 2.70. The Hall–Kier alpha value is -0.770. The minimum Gasteiger partial charge on any atom is -0.338 e. The Kier molecular flexibility index (Phi) is 5.47. The van der Waals surface area contributed by atoms with Gasteiger partial charge in [0, 0.05) is 19.6 Å². The SMILES string of the molecule is CN(C)CCCCNC(=O)N1CCCC1. The van der Waals surface area contributed by atoms with E-state index in [1.807, 2.05) is 4.90 Å². The van der Waals surface area contributed by atoms with Crippen LogP contribution in [0.4, 0.5) is 4.79 Å². The predicted molar refractivity (Wildman–Crippen MR) is 62.0 cm³/mol. The summed E-state index contributed by atoms with van der Waals surface area (Å²) in [6.07, 6.45) is 4.53. The lowest BCUT2D eigenvalue weighted by Gasteiger charge is -2.16. The van der Waals surface area contributed by atoms with Crippen molar-refractivity contribution in [1.82, 2.24) is 15.1 Å². The van der Waals surface area contributed by atoms with Crippen molar-refractivity contribution in [3.8, 4) is 0 Å². The number of carbonyl (C=O) groups is 1. The molecule has 1 saturated heterocycles. The number of amides is 2. The lowest BCUT2D eigenvalue weighted by Crippen LogP contribution is -2.38. The topological polar surface area (TPSA) is 35.6 Å². The van der Waals surface area contributed by atoms with Crippen molar-refractivity contribution in [2.45, 2.75) is 25.7 Å². The number of hydrogen-bond acceptors (Lipinski definition) is 2. The van der Waals surface area contributed by atoms with Crippen LogP contribution < -0.4 is 5.32 Å². The van der Waals surface area contributed by atoms with Crippen LogP contribution >= 0.6 is 0 Å². The van der Waals surface area contributed by atoms with Crippen molar-refractivity contribution in [2.24, 2.45) is 0 Å². The van der Waals surface area contributed by atoms with Crippen molar-refractivity contribution < 1.29 is 4.79 Å². The molecule has 0 saturated carbocycles. The summed E-state index contributed by atoms with van der Waals surface area (Å²) >= 11 is 0. The van der Waals surface area contributed by atoms with Gasteiger partial charge in [-0.05, 0) is 46.3 Å². The summed E-state index contributed by atoms with van der Waals surface area (Å²) < 4.78 is 0. The number of nitrogens with one attached hydrogen (secondary N) is 1. The fraction of sp³-hybridized carbons (Fsp3) is 0.909. The zero-order valence-electron chi connectivity index (χ0n) is 9.96. The van der Waals surface area contributed by atoms with Gasteiger partial charge in [-0.25, -0.2) is 4.79 Å². The van der Waals surface area contributed by atoms with Crippen molar-refractivity contribution in [1.29, 1.82) is 0 Å². The van der Waals surface area contributed by atoms with Gasteiger partial charge in [-0.2, -0.15) is 0 Å². The zero-order chi connectivity index (χ0) is 11.1. The highest BCUT2D eigenvalue weighted by atomic mass is 16.2. The molecule has 1 fully saturated rings. The van der Waals surface area contributed by atoms with Gasteiger partial charge in [0.2, 0.25) is 0 Å². The summed E-state index contributed by atoms with van der Waals surface area (Å²) in [6, 6.07) is 0.123. The molecule has 1 aliphatic rings. The van der Waals surface area contributed by atoms with Gasteiger partial charge < -0.3 is 15.1 Å². The van der Waals surface area contributed by atoms with E-state index in [2.05, 4.69) is 24.3 Å². The Morgan fingerprint density at radius 1 is 1.27 bits per heavy atom. The van der Waals surface area contributed by atoms with Gasteiger partial charge in [0.1, 0.15) is 0 Å². The normalized spacial score (nSPS) is 16.1. The number of urea groups is 1. The van der Waals surface area contributed by atoms with Crippen LogP contribution in [0.3, 0.4) is 0 Å². The van der Waals surface area contributed by atoms with E-state index in [1.165, 1.54) is 0 Å². The second-order valence-electron chi connectivity index (χ2n) is 4.44. The molecule has 0 bridgehead atoms. The maximum absolute atomic E-state index is 11.5. The first-order chi connectivity index (χ1) is 7.20. The molecule has 1 rings (SSSR count). The summed E-state index contributed by atoms with van der Waals surface area (Å²) in [7, 11) is 4.14. The van der Waals surface area contributed by atoms with Gasteiger partial charge in [0.05, 0.1) is 0 Å². The van der Waals surface area contributed by atoms with Crippen LogP contribution in [0.2, 0.25) is 0 Å². The number of unbranched alkanes of at least 4 members (excludes halogenated alkanes) is 1. The summed E-state index contributed by atoms with van der Waals surface area (Å²) in [5.41, 5.74) is 0. The number of rotatable bonds is 5. The van der Waals surface area contributed by atoms with E-state index in [1.54, 1.807) is 0 Å². The molecular weight excluding hydrogens is 190 g/mol. The molecule has 0 aromatic rings. The first kappa shape index (κ1) is 12.3. The Balaban J connectivity index is 1.97. The minimum absolute atomic E-state index is 0.123. The average molecular weight is 213 g/mol. The second-order valence-corrected chi connectivity index (χ2v) is 4.44. The predicted octanol–water partition coefficient (Wildman–Crippen LogP) is 1.13. The molecule has 0 radical (unpaired) electrons. The molecule has 0 atom stereocenters. The first-order valence-electron chi connectivity index (χ1n) is 5.87. The molecule has 0 aliphatic carbocycles. The number of hydrogen-bond donors (Lipinski definition) is 1. The summed E-state index contributed by atoms with van der Waals surface area (Å²) in [4.78, 5) is 15.6. The maximum atomic E-state index is 11.5. The van der Waals surface area contributed by atoms with Gasteiger partial charge >= 0.3 is 6.03 Å². The monoisotopic (exact) mass is 213 g/mol. The molecule has 1 aliphatic heterocycles. The van der Waals surface area contributed by atoms with Crippen LogP contribution in [-0.4, -0.2) is 56.1 Å². The molecule has 88 valence electrons. The fourth-order valence-corrected chi connectivity index (χ4v) is 1.78. The molecule has 2 amide bonds. The van der Waals surface area contributed by atoms with Gasteiger partial charge in [-0.1, -0.05) is 0 Å². The Morgan fingerprint density at radius 2 is 1.93 bits per heavy atom. The standard InChI is InChI=1S/C11H23N3O/c1-13(2)8-4-3-7-12-11(15)14-9-5-6-10-14/h3-10H2,1-2H3,(H,12,15). The van der Waals surface area contributed by atoms with Crippen LogP contribution in [0.25, 0.3) is 0 Å². The Morgan fingerprint density at radius 3 is 2.53 bits per heavy atom. The lowest BCUT2D eigenvalue weighted by atomic mass is 10.3. The van der Waals surface area contributed by atoms with Crippen LogP contribution in [-0.2, 0) is 0 Å². The highest BCUT2D eigenvalue weighted by Gasteiger charge is 2.16. The zero-order valence-corrected chi connectivity index (χ0v) is 9.96. The van der Waals surface area contributed by atoms with Crippen molar-refractivity contribution >= 4 is 6.03 Å². The number of carbonyl (C=O) groups excluding carboxylic acids is 1. The smallest absolute Gasteiger partial charge is 0.317 e. The van der Waals surface area contributed by atoms with E-state index >= 15 is 0 Å². The summed E-state index contributed by atoms with van der Waals surface area (Å²) in [5, 5.41) is 2.97. The minimum atomic E-state index is 0.123. The van der Waals surface area contributed by atoms with E-state index in [0.29, 0.717) is 0 Å². The highest BCUT2D eigenvalue weighted by molar-refractivity contribution is 5.74. The van der Waals surface area contributed by atoms with Crippen molar-refractivity contribution in [3.63, 3.8) is 0 Å². The molecule has 15 heavy (non-hydrogen) atoms. The molecule has 0 unspecified atom stereocenters. The van der Waals surface area contributed by atoms with Crippen LogP contribution in [0.15, 0.2) is 0 Å².